The predicted octanol–water partition coefficient (Wildman–Crippen LogP) is 2.76. The minimum absolute atomic E-state index is 0.271. The summed E-state index contributed by atoms with van der Waals surface area (Å²) in [7, 11) is 0. The van der Waals surface area contributed by atoms with Gasteiger partial charge in [-0.25, -0.2) is 4.79 Å². The van der Waals surface area contributed by atoms with E-state index in [1.807, 2.05) is 0 Å². The molecule has 1 aromatic carbocycles. The van der Waals surface area contributed by atoms with Crippen molar-refractivity contribution in [1.82, 2.24) is 0 Å². The summed E-state index contributed by atoms with van der Waals surface area (Å²) in [6, 6.07) is 2.64. The highest BCUT2D eigenvalue weighted by atomic mass is 16.7. The van der Waals surface area contributed by atoms with E-state index in [-0.39, 0.29) is 11.7 Å². The van der Waals surface area contributed by atoms with E-state index in [1.54, 1.807) is 32.9 Å². The largest absolute Gasteiger partial charge is 0.455 e. The smallest absolute Gasteiger partial charge is 0.339 e. The van der Waals surface area contributed by atoms with Crippen molar-refractivity contribution in [3.8, 4) is 0 Å². The van der Waals surface area contributed by atoms with Crippen LogP contribution in [-0.2, 0) is 14.2 Å². The third kappa shape index (κ3) is 5.07. The number of non-ortho nitro benzene ring substituents is 2. The number of nitro groups is 2. The number of nitrogens with zero attached hydrogens (tertiary/aromatic N) is 2. The first-order valence-corrected chi connectivity index (χ1v) is 7.72. The lowest BCUT2D eigenvalue weighted by Crippen LogP contribution is -2.21. The molecule has 1 saturated heterocycles. The van der Waals surface area contributed by atoms with Crippen molar-refractivity contribution in [3.05, 3.63) is 56.1 Å². The maximum Gasteiger partial charge on any atom is 0.339 e. The molecule has 140 valence electrons. The van der Waals surface area contributed by atoms with Gasteiger partial charge in [0.05, 0.1) is 28.1 Å². The van der Waals surface area contributed by atoms with Gasteiger partial charge in [0, 0.05) is 12.1 Å². The van der Waals surface area contributed by atoms with Gasteiger partial charge in [0.2, 0.25) is 0 Å². The first-order chi connectivity index (χ1) is 12.1. The lowest BCUT2D eigenvalue weighted by atomic mass is 10.1. The Bertz CT molecular complexity index is 726. The fourth-order valence-corrected chi connectivity index (χ4v) is 2.29. The highest BCUT2D eigenvalue weighted by Gasteiger charge is 2.31. The van der Waals surface area contributed by atoms with Crippen molar-refractivity contribution in [1.29, 1.82) is 0 Å². The third-order valence-electron chi connectivity index (χ3n) is 3.48. The average molecular weight is 366 g/mol. The molecule has 0 aliphatic carbocycles. The van der Waals surface area contributed by atoms with Crippen LogP contribution in [0, 0.1) is 20.2 Å². The molecule has 0 unspecified atom stereocenters. The Morgan fingerprint density at radius 1 is 1.27 bits per heavy atom. The second-order valence-electron chi connectivity index (χ2n) is 6.11. The van der Waals surface area contributed by atoms with Crippen molar-refractivity contribution < 1.29 is 28.9 Å². The monoisotopic (exact) mass is 366 g/mol. The Hall–Kier alpha value is -2.85. The van der Waals surface area contributed by atoms with E-state index in [9.17, 15) is 25.0 Å². The summed E-state index contributed by atoms with van der Waals surface area (Å²) in [5.74, 6) is -1.59. The molecule has 0 N–H and O–H groups in total. The maximum atomic E-state index is 12.1. The number of ether oxygens (including phenoxy) is 3. The SMILES string of the molecule is C[C@H](/C=C/[C@H]1COC(C)(C)O1)OC(=O)c1cc([N+](=O)[O-])cc([N+](=O)[O-])c1. The van der Waals surface area contributed by atoms with Crippen LogP contribution in [0.4, 0.5) is 11.4 Å². The standard InChI is InChI=1S/C16H18N2O8/c1-10(4-5-14-9-24-16(2,3)26-14)25-15(19)11-6-12(17(20)21)8-13(7-11)18(22)23/h4-8,10,14H,9H2,1-3H3/b5-4+/t10-,14+/m1/s1. The first-order valence-electron chi connectivity index (χ1n) is 7.72. The second kappa shape index (κ2) is 7.58. The number of nitro benzene ring substituents is 2. The number of esters is 1. The zero-order chi connectivity index (χ0) is 19.5. The zero-order valence-electron chi connectivity index (χ0n) is 14.4. The Balaban J connectivity index is 2.07. The lowest BCUT2D eigenvalue weighted by molar-refractivity contribution is -0.394. The molecule has 0 bridgehead atoms. The van der Waals surface area contributed by atoms with Gasteiger partial charge in [0.15, 0.2) is 5.79 Å². The number of carbonyl (C=O) groups is 1. The van der Waals surface area contributed by atoms with Crippen molar-refractivity contribution in [2.24, 2.45) is 0 Å². The normalized spacial score (nSPS) is 20.0. The third-order valence-corrected chi connectivity index (χ3v) is 3.48. The van der Waals surface area contributed by atoms with Crippen LogP contribution in [0.2, 0.25) is 0 Å². The van der Waals surface area contributed by atoms with E-state index in [1.165, 1.54) is 0 Å². The highest BCUT2D eigenvalue weighted by Crippen LogP contribution is 2.24. The average Bonchev–Trinajstić information content (AvgIpc) is 2.91. The Morgan fingerprint density at radius 3 is 2.31 bits per heavy atom. The molecule has 1 aliphatic heterocycles. The van der Waals surface area contributed by atoms with Crippen LogP contribution in [0.5, 0.6) is 0 Å². The molecule has 1 heterocycles. The van der Waals surface area contributed by atoms with Crippen LogP contribution in [0.3, 0.4) is 0 Å². The molecule has 10 heteroatoms. The quantitative estimate of drug-likeness (QED) is 0.325. The maximum absolute atomic E-state index is 12.1. The van der Waals surface area contributed by atoms with Crippen LogP contribution in [0.1, 0.15) is 31.1 Å². The minimum Gasteiger partial charge on any atom is -0.455 e. The van der Waals surface area contributed by atoms with Crippen LogP contribution >= 0.6 is 0 Å². The summed E-state index contributed by atoms with van der Waals surface area (Å²) < 4.78 is 16.1. The number of carbonyl (C=O) groups excluding carboxylic acids is 1. The molecule has 0 amide bonds. The minimum atomic E-state index is -0.905. The predicted molar refractivity (Wildman–Crippen MR) is 88.7 cm³/mol. The summed E-state index contributed by atoms with van der Waals surface area (Å²) in [5, 5.41) is 21.7. The van der Waals surface area contributed by atoms with Crippen molar-refractivity contribution in [2.75, 3.05) is 6.61 Å². The van der Waals surface area contributed by atoms with Gasteiger partial charge in [-0.1, -0.05) is 6.08 Å². The summed E-state index contributed by atoms with van der Waals surface area (Å²) in [6.45, 7) is 5.50. The molecule has 0 aromatic heterocycles. The van der Waals surface area contributed by atoms with E-state index in [0.29, 0.717) is 6.61 Å². The van der Waals surface area contributed by atoms with Crippen LogP contribution in [-0.4, -0.2) is 40.4 Å². The Kier molecular flexibility index (Phi) is 5.68. The van der Waals surface area contributed by atoms with Crippen LogP contribution in [0.25, 0.3) is 0 Å². The first kappa shape index (κ1) is 19.5. The fourth-order valence-electron chi connectivity index (χ4n) is 2.29. The summed E-state index contributed by atoms with van der Waals surface area (Å²) >= 11 is 0. The number of hydrogen-bond donors (Lipinski definition) is 0. The second-order valence-corrected chi connectivity index (χ2v) is 6.11. The van der Waals surface area contributed by atoms with Crippen LogP contribution < -0.4 is 0 Å². The molecule has 0 saturated carbocycles. The molecule has 0 spiro atoms. The van der Waals surface area contributed by atoms with Gasteiger partial charge in [0.25, 0.3) is 11.4 Å². The van der Waals surface area contributed by atoms with E-state index >= 15 is 0 Å². The molecule has 26 heavy (non-hydrogen) atoms. The summed E-state index contributed by atoms with van der Waals surface area (Å²) in [6.07, 6.45) is 2.31. The molecule has 2 rings (SSSR count). The van der Waals surface area contributed by atoms with Gasteiger partial charge in [-0.15, -0.1) is 0 Å². The molecule has 10 nitrogen and oxygen atoms in total. The van der Waals surface area contributed by atoms with Gasteiger partial charge < -0.3 is 14.2 Å². The summed E-state index contributed by atoms with van der Waals surface area (Å²) in [4.78, 5) is 32.3. The molecule has 1 fully saturated rings. The zero-order valence-corrected chi connectivity index (χ0v) is 14.4. The number of rotatable bonds is 6. The van der Waals surface area contributed by atoms with E-state index in [4.69, 9.17) is 14.2 Å². The van der Waals surface area contributed by atoms with Gasteiger partial charge in [-0.05, 0) is 26.8 Å². The molecule has 0 radical (unpaired) electrons. The van der Waals surface area contributed by atoms with Crippen LogP contribution in [0.15, 0.2) is 30.4 Å². The summed E-state index contributed by atoms with van der Waals surface area (Å²) in [5.41, 5.74) is -1.39. The molecule has 1 aliphatic rings. The van der Waals surface area contributed by atoms with Crippen molar-refractivity contribution >= 4 is 17.3 Å². The van der Waals surface area contributed by atoms with Crippen molar-refractivity contribution in [3.63, 3.8) is 0 Å². The number of benzene rings is 1. The molecular weight excluding hydrogens is 348 g/mol. The van der Waals surface area contributed by atoms with E-state index < -0.39 is 39.1 Å². The van der Waals surface area contributed by atoms with E-state index in [0.717, 1.165) is 18.2 Å². The molecule has 1 aromatic rings. The van der Waals surface area contributed by atoms with E-state index in [2.05, 4.69) is 0 Å². The van der Waals surface area contributed by atoms with Gasteiger partial charge in [-0.2, -0.15) is 0 Å². The van der Waals surface area contributed by atoms with Crippen molar-refractivity contribution in [2.45, 2.75) is 38.8 Å². The van der Waals surface area contributed by atoms with Gasteiger partial charge in [-0.3, -0.25) is 20.2 Å². The molecular formula is C16H18N2O8. The Morgan fingerprint density at radius 2 is 1.85 bits per heavy atom. The lowest BCUT2D eigenvalue weighted by Gasteiger charge is -2.16. The highest BCUT2D eigenvalue weighted by molar-refractivity contribution is 5.91. The fraction of sp³-hybridized carbons (Fsp3) is 0.438. The Labute approximate surface area is 148 Å². The van der Waals surface area contributed by atoms with Gasteiger partial charge in [0.1, 0.15) is 12.2 Å². The molecule has 2 atom stereocenters. The van der Waals surface area contributed by atoms with Gasteiger partial charge >= 0.3 is 5.97 Å². The topological polar surface area (TPSA) is 131 Å². The number of hydrogen-bond acceptors (Lipinski definition) is 8.